The Hall–Kier alpha value is -2.17. The van der Waals surface area contributed by atoms with Gasteiger partial charge in [0, 0.05) is 6.42 Å². The zero-order valence-electron chi connectivity index (χ0n) is 47.7. The molecule has 3 N–H and O–H groups in total. The van der Waals surface area contributed by atoms with Crippen LogP contribution in [0.4, 0.5) is 0 Å². The highest BCUT2D eigenvalue weighted by atomic mass is 16.3. The molecule has 0 saturated carbocycles. The second kappa shape index (κ2) is 62.1. The van der Waals surface area contributed by atoms with Gasteiger partial charge < -0.3 is 15.5 Å². The van der Waals surface area contributed by atoms with Crippen molar-refractivity contribution in [3.8, 4) is 0 Å². The van der Waals surface area contributed by atoms with E-state index >= 15 is 0 Å². The number of hydrogen-bond donors (Lipinski definition) is 3. The van der Waals surface area contributed by atoms with Crippen LogP contribution < -0.4 is 5.32 Å². The van der Waals surface area contributed by atoms with Gasteiger partial charge in [-0.3, -0.25) is 4.79 Å². The SMILES string of the molecule is CCCCCCC/C=C\C/C=C\C/C=C\CCCCCCCCCCCCCCCCCCCCCCCCCCCCC(=O)NC(CO)C(O)/C=C/CC/C=C/CC/C=C/CCCCCCCCCC. The molecule has 4 heteroatoms. The molecule has 0 saturated heterocycles. The topological polar surface area (TPSA) is 69.6 Å². The van der Waals surface area contributed by atoms with E-state index in [-0.39, 0.29) is 12.5 Å². The number of unbranched alkanes of at least 4 members (excludes halogenated alkanes) is 41. The van der Waals surface area contributed by atoms with Crippen molar-refractivity contribution in [2.45, 2.75) is 341 Å². The van der Waals surface area contributed by atoms with Crippen LogP contribution in [0, 0.1) is 0 Å². The second-order valence-corrected chi connectivity index (χ2v) is 21.5. The molecule has 0 aromatic carbocycles. The van der Waals surface area contributed by atoms with Crippen molar-refractivity contribution < 1.29 is 15.0 Å². The van der Waals surface area contributed by atoms with Gasteiger partial charge in [0.05, 0.1) is 18.8 Å². The lowest BCUT2D eigenvalue weighted by Crippen LogP contribution is -2.45. The first-order chi connectivity index (χ1) is 35.2. The first-order valence-electron chi connectivity index (χ1n) is 31.7. The summed E-state index contributed by atoms with van der Waals surface area (Å²) in [6.07, 6.45) is 89.6. The van der Waals surface area contributed by atoms with Crippen molar-refractivity contribution in [2.75, 3.05) is 6.61 Å². The Kier molecular flexibility index (Phi) is 60.2. The average molecular weight is 991 g/mol. The van der Waals surface area contributed by atoms with Crippen molar-refractivity contribution in [1.82, 2.24) is 5.32 Å². The van der Waals surface area contributed by atoms with Crippen LogP contribution in [0.25, 0.3) is 0 Å². The quantitative estimate of drug-likeness (QED) is 0.0420. The minimum Gasteiger partial charge on any atom is -0.394 e. The molecule has 0 aromatic heterocycles. The summed E-state index contributed by atoms with van der Waals surface area (Å²) < 4.78 is 0. The van der Waals surface area contributed by atoms with Gasteiger partial charge in [0.2, 0.25) is 5.91 Å². The van der Waals surface area contributed by atoms with Crippen LogP contribution in [0.1, 0.15) is 328 Å². The van der Waals surface area contributed by atoms with Gasteiger partial charge in [-0.05, 0) is 83.5 Å². The number of allylic oxidation sites excluding steroid dienone is 11. The van der Waals surface area contributed by atoms with E-state index in [1.165, 1.54) is 257 Å². The molecule has 0 fully saturated rings. The van der Waals surface area contributed by atoms with Crippen LogP contribution in [0.15, 0.2) is 72.9 Å². The summed E-state index contributed by atoms with van der Waals surface area (Å²) in [5.41, 5.74) is 0. The molecule has 0 bridgehead atoms. The van der Waals surface area contributed by atoms with E-state index in [1.54, 1.807) is 6.08 Å². The predicted octanol–water partition coefficient (Wildman–Crippen LogP) is 21.3. The third kappa shape index (κ3) is 58.6. The Balaban J connectivity index is 3.44. The number of hydrogen-bond acceptors (Lipinski definition) is 3. The van der Waals surface area contributed by atoms with Gasteiger partial charge in [0.15, 0.2) is 0 Å². The zero-order valence-corrected chi connectivity index (χ0v) is 47.7. The van der Waals surface area contributed by atoms with E-state index in [1.807, 2.05) is 6.08 Å². The van der Waals surface area contributed by atoms with Crippen molar-refractivity contribution in [3.63, 3.8) is 0 Å². The summed E-state index contributed by atoms with van der Waals surface area (Å²) >= 11 is 0. The van der Waals surface area contributed by atoms with Gasteiger partial charge in [0.1, 0.15) is 0 Å². The molecule has 1 amide bonds. The molecule has 2 atom stereocenters. The van der Waals surface area contributed by atoms with Gasteiger partial charge in [-0.15, -0.1) is 0 Å². The first kappa shape index (κ1) is 68.8. The third-order valence-electron chi connectivity index (χ3n) is 14.4. The Morgan fingerprint density at radius 3 is 0.915 bits per heavy atom. The highest BCUT2D eigenvalue weighted by Gasteiger charge is 2.18. The fourth-order valence-electron chi connectivity index (χ4n) is 9.57. The van der Waals surface area contributed by atoms with Crippen molar-refractivity contribution in [2.24, 2.45) is 0 Å². The maximum absolute atomic E-state index is 12.5. The number of rotatable bonds is 58. The molecule has 0 spiro atoms. The van der Waals surface area contributed by atoms with Crippen LogP contribution in [-0.2, 0) is 4.79 Å². The lowest BCUT2D eigenvalue weighted by atomic mass is 10.0. The Labute approximate surface area is 444 Å². The van der Waals surface area contributed by atoms with Crippen LogP contribution in [0.3, 0.4) is 0 Å². The average Bonchev–Trinajstić information content (AvgIpc) is 3.37. The molecule has 4 nitrogen and oxygen atoms in total. The monoisotopic (exact) mass is 990 g/mol. The van der Waals surface area contributed by atoms with E-state index in [2.05, 4.69) is 79.9 Å². The molecular formula is C67H123NO3. The third-order valence-corrected chi connectivity index (χ3v) is 14.4. The molecule has 0 aliphatic carbocycles. The largest absolute Gasteiger partial charge is 0.394 e. The van der Waals surface area contributed by atoms with Gasteiger partial charge in [-0.2, -0.15) is 0 Å². The van der Waals surface area contributed by atoms with E-state index in [0.717, 1.165) is 51.4 Å². The minimum absolute atomic E-state index is 0.0740. The Morgan fingerprint density at radius 2 is 0.592 bits per heavy atom. The summed E-state index contributed by atoms with van der Waals surface area (Å²) in [6, 6.07) is -0.646. The molecule has 0 radical (unpaired) electrons. The lowest BCUT2D eigenvalue weighted by Gasteiger charge is -2.19. The molecule has 71 heavy (non-hydrogen) atoms. The molecule has 414 valence electrons. The Bertz CT molecular complexity index is 1210. The van der Waals surface area contributed by atoms with E-state index in [4.69, 9.17) is 0 Å². The minimum atomic E-state index is -0.871. The number of aliphatic hydroxyl groups excluding tert-OH is 2. The fourth-order valence-corrected chi connectivity index (χ4v) is 9.57. The van der Waals surface area contributed by atoms with E-state index in [9.17, 15) is 15.0 Å². The molecule has 0 rings (SSSR count). The summed E-state index contributed by atoms with van der Waals surface area (Å²) in [6.45, 7) is 4.29. The van der Waals surface area contributed by atoms with Crippen LogP contribution >= 0.6 is 0 Å². The number of carbonyl (C=O) groups is 1. The number of aliphatic hydroxyl groups is 2. The van der Waals surface area contributed by atoms with Gasteiger partial charge >= 0.3 is 0 Å². The predicted molar refractivity (Wildman–Crippen MR) is 317 cm³/mol. The van der Waals surface area contributed by atoms with Crippen LogP contribution in [0.2, 0.25) is 0 Å². The van der Waals surface area contributed by atoms with Crippen molar-refractivity contribution in [3.05, 3.63) is 72.9 Å². The summed E-state index contributed by atoms with van der Waals surface area (Å²) in [4.78, 5) is 12.5. The number of nitrogens with one attached hydrogen (secondary N) is 1. The highest BCUT2D eigenvalue weighted by molar-refractivity contribution is 5.76. The normalized spacial score (nSPS) is 13.2. The molecule has 0 heterocycles. The van der Waals surface area contributed by atoms with Gasteiger partial charge in [-0.25, -0.2) is 0 Å². The van der Waals surface area contributed by atoms with Crippen molar-refractivity contribution >= 4 is 5.91 Å². The smallest absolute Gasteiger partial charge is 0.220 e. The Morgan fingerprint density at radius 1 is 0.338 bits per heavy atom. The van der Waals surface area contributed by atoms with Crippen molar-refractivity contribution in [1.29, 1.82) is 0 Å². The van der Waals surface area contributed by atoms with Crippen LogP contribution in [-0.4, -0.2) is 34.9 Å². The zero-order chi connectivity index (χ0) is 51.3. The number of carbonyl (C=O) groups excluding carboxylic acids is 1. The molecule has 0 aromatic rings. The fraction of sp³-hybridized carbons (Fsp3) is 0.806. The lowest BCUT2D eigenvalue weighted by molar-refractivity contribution is -0.123. The summed E-state index contributed by atoms with van der Waals surface area (Å²) in [7, 11) is 0. The van der Waals surface area contributed by atoms with E-state index in [0.29, 0.717) is 6.42 Å². The van der Waals surface area contributed by atoms with Crippen LogP contribution in [0.5, 0.6) is 0 Å². The molecule has 0 aliphatic heterocycles. The molecular weight excluding hydrogens is 867 g/mol. The van der Waals surface area contributed by atoms with E-state index < -0.39 is 12.1 Å². The van der Waals surface area contributed by atoms with Gasteiger partial charge in [0.25, 0.3) is 0 Å². The highest BCUT2D eigenvalue weighted by Crippen LogP contribution is 2.17. The standard InChI is InChI=1S/C67H123NO3/c1-3-5-7-9-11-13-15-17-19-21-23-24-25-26-27-28-29-30-31-32-33-34-35-36-37-38-39-40-41-42-43-44-45-47-49-51-53-55-57-59-61-63-67(71)68-65(64-69)66(70)62-60-58-56-54-52-50-48-46-22-20-18-16-14-12-10-8-6-4-2/h15,17,21-23,25-26,46,52,54,60,62,65-66,69-70H,3-14,16,18-20,24,27-45,47-51,53,55-59,61,63-64H2,1-2H3,(H,68,71)/b17-15-,23-21-,26-25-,46-22+,54-52+,62-60+. The number of amides is 1. The van der Waals surface area contributed by atoms with Gasteiger partial charge in [-0.1, -0.05) is 311 Å². The summed E-state index contributed by atoms with van der Waals surface area (Å²) in [5.74, 6) is -0.0740. The molecule has 2 unspecified atom stereocenters. The maximum atomic E-state index is 12.5. The second-order valence-electron chi connectivity index (χ2n) is 21.5. The summed E-state index contributed by atoms with van der Waals surface area (Å²) in [5, 5.41) is 23.1. The first-order valence-corrected chi connectivity index (χ1v) is 31.7. The maximum Gasteiger partial charge on any atom is 0.220 e. The molecule has 0 aliphatic rings.